The van der Waals surface area contributed by atoms with E-state index in [4.69, 9.17) is 0 Å². The third kappa shape index (κ3) is 2.56. The zero-order valence-corrected chi connectivity index (χ0v) is 12.8. The number of hydrogen-bond donors (Lipinski definition) is 1. The summed E-state index contributed by atoms with van der Waals surface area (Å²) >= 11 is 0. The van der Waals surface area contributed by atoms with Crippen molar-refractivity contribution in [2.24, 2.45) is 13.0 Å². The Bertz CT molecular complexity index is 659. The fourth-order valence-electron chi connectivity index (χ4n) is 3.10. The van der Waals surface area contributed by atoms with Crippen molar-refractivity contribution in [1.82, 2.24) is 19.7 Å². The topological polar surface area (TPSA) is 67.1 Å². The maximum absolute atomic E-state index is 14.4. The first-order chi connectivity index (χ1) is 10.6. The Kier molecular flexibility index (Phi) is 4.06. The molecular formula is C15H20FN5O. The Morgan fingerprint density at radius 3 is 2.82 bits per heavy atom. The predicted octanol–water partition coefficient (Wildman–Crippen LogP) is 1.12. The third-order valence-corrected chi connectivity index (χ3v) is 4.31. The quantitative estimate of drug-likeness (QED) is 0.917. The van der Waals surface area contributed by atoms with Crippen molar-refractivity contribution in [2.75, 3.05) is 24.6 Å². The molecule has 0 aromatic carbocycles. The molecular weight excluding hydrogens is 285 g/mol. The molecule has 1 aliphatic heterocycles. The van der Waals surface area contributed by atoms with Crippen molar-refractivity contribution in [3.63, 3.8) is 0 Å². The summed E-state index contributed by atoms with van der Waals surface area (Å²) in [7, 11) is 1.86. The van der Waals surface area contributed by atoms with E-state index in [2.05, 4.69) is 15.1 Å². The van der Waals surface area contributed by atoms with Gasteiger partial charge in [-0.05, 0) is 12.0 Å². The van der Waals surface area contributed by atoms with Gasteiger partial charge in [-0.25, -0.2) is 14.4 Å². The average Bonchev–Trinajstić information content (AvgIpc) is 3.13. The van der Waals surface area contributed by atoms with E-state index in [1.54, 1.807) is 4.68 Å². The van der Waals surface area contributed by atoms with Gasteiger partial charge in [0.2, 0.25) is 0 Å². The summed E-state index contributed by atoms with van der Waals surface area (Å²) in [4.78, 5) is 9.98. The second-order valence-electron chi connectivity index (χ2n) is 5.71. The number of anilines is 1. The molecule has 0 spiro atoms. The SMILES string of the molecule is CCc1ncnc(N2C[C@@H](CO)[C@H](c3cnn(C)c3)C2)c1F. The lowest BCUT2D eigenvalue weighted by Gasteiger charge is -2.18. The summed E-state index contributed by atoms with van der Waals surface area (Å²) < 4.78 is 16.2. The Labute approximate surface area is 128 Å². The molecule has 0 radical (unpaired) electrons. The fraction of sp³-hybridized carbons (Fsp3) is 0.533. The first-order valence-electron chi connectivity index (χ1n) is 7.47. The van der Waals surface area contributed by atoms with Crippen molar-refractivity contribution in [3.8, 4) is 0 Å². The highest BCUT2D eigenvalue weighted by Crippen LogP contribution is 2.35. The van der Waals surface area contributed by atoms with Gasteiger partial charge in [0, 0.05) is 44.8 Å². The average molecular weight is 305 g/mol. The maximum Gasteiger partial charge on any atom is 0.187 e. The lowest BCUT2D eigenvalue weighted by atomic mass is 9.92. The van der Waals surface area contributed by atoms with Gasteiger partial charge in [0.05, 0.1) is 11.9 Å². The van der Waals surface area contributed by atoms with Gasteiger partial charge in [0.25, 0.3) is 0 Å². The van der Waals surface area contributed by atoms with Gasteiger partial charge in [0.1, 0.15) is 6.33 Å². The Hall–Kier alpha value is -2.02. The molecule has 3 rings (SSSR count). The molecule has 1 aliphatic rings. The minimum Gasteiger partial charge on any atom is -0.396 e. The van der Waals surface area contributed by atoms with Crippen molar-refractivity contribution in [2.45, 2.75) is 19.3 Å². The van der Waals surface area contributed by atoms with Crippen LogP contribution in [0.15, 0.2) is 18.7 Å². The minimum absolute atomic E-state index is 0.0450. The number of hydrogen-bond acceptors (Lipinski definition) is 5. The van der Waals surface area contributed by atoms with Crippen molar-refractivity contribution >= 4 is 5.82 Å². The van der Waals surface area contributed by atoms with Gasteiger partial charge in [-0.15, -0.1) is 0 Å². The van der Waals surface area contributed by atoms with Crippen LogP contribution in [0, 0.1) is 11.7 Å². The van der Waals surface area contributed by atoms with Gasteiger partial charge >= 0.3 is 0 Å². The summed E-state index contributed by atoms with van der Waals surface area (Å²) in [6, 6.07) is 0. The lowest BCUT2D eigenvalue weighted by molar-refractivity contribution is 0.227. The lowest BCUT2D eigenvalue weighted by Crippen LogP contribution is -2.23. The smallest absolute Gasteiger partial charge is 0.187 e. The van der Waals surface area contributed by atoms with Crippen molar-refractivity contribution in [1.29, 1.82) is 0 Å². The molecule has 0 unspecified atom stereocenters. The monoisotopic (exact) mass is 305 g/mol. The maximum atomic E-state index is 14.4. The molecule has 3 heterocycles. The summed E-state index contributed by atoms with van der Waals surface area (Å²) in [5.41, 5.74) is 1.49. The molecule has 1 saturated heterocycles. The first-order valence-corrected chi connectivity index (χ1v) is 7.47. The van der Waals surface area contributed by atoms with E-state index in [0.717, 1.165) is 5.56 Å². The van der Waals surface area contributed by atoms with Crippen LogP contribution in [-0.2, 0) is 13.5 Å². The molecule has 0 aliphatic carbocycles. The molecule has 2 aromatic rings. The van der Waals surface area contributed by atoms with E-state index in [1.807, 2.05) is 31.3 Å². The number of aliphatic hydroxyl groups is 1. The third-order valence-electron chi connectivity index (χ3n) is 4.31. The van der Waals surface area contributed by atoms with Crippen LogP contribution in [0.1, 0.15) is 24.1 Å². The molecule has 1 N–H and O–H groups in total. The van der Waals surface area contributed by atoms with Gasteiger partial charge in [0.15, 0.2) is 11.6 Å². The van der Waals surface area contributed by atoms with Gasteiger partial charge in [-0.1, -0.05) is 6.92 Å². The Morgan fingerprint density at radius 1 is 1.36 bits per heavy atom. The first kappa shape index (κ1) is 14.9. The van der Waals surface area contributed by atoms with Crippen LogP contribution in [0.2, 0.25) is 0 Å². The van der Waals surface area contributed by atoms with Crippen LogP contribution in [0.3, 0.4) is 0 Å². The van der Waals surface area contributed by atoms with Crippen LogP contribution in [0.5, 0.6) is 0 Å². The standard InChI is InChI=1S/C15H20FN5O/c1-3-13-14(16)15(18-9-17-13)21-6-11(8-22)12(7-21)10-4-19-20(2)5-10/h4-5,9,11-12,22H,3,6-8H2,1-2H3/t11-,12-/m0/s1. The fourth-order valence-corrected chi connectivity index (χ4v) is 3.10. The molecule has 6 nitrogen and oxygen atoms in total. The molecule has 1 fully saturated rings. The van der Waals surface area contributed by atoms with E-state index >= 15 is 0 Å². The van der Waals surface area contributed by atoms with Crippen molar-refractivity contribution in [3.05, 3.63) is 35.8 Å². The second kappa shape index (κ2) is 6.00. The van der Waals surface area contributed by atoms with Crippen LogP contribution < -0.4 is 4.90 Å². The molecule has 118 valence electrons. The number of aliphatic hydroxyl groups excluding tert-OH is 1. The Morgan fingerprint density at radius 2 is 2.18 bits per heavy atom. The van der Waals surface area contributed by atoms with E-state index in [9.17, 15) is 9.50 Å². The molecule has 2 atom stereocenters. The normalized spacial score (nSPS) is 21.5. The van der Waals surface area contributed by atoms with Crippen LogP contribution >= 0.6 is 0 Å². The predicted molar refractivity (Wildman–Crippen MR) is 80.1 cm³/mol. The van der Waals surface area contributed by atoms with E-state index in [0.29, 0.717) is 31.0 Å². The van der Waals surface area contributed by atoms with Gasteiger partial charge in [-0.3, -0.25) is 4.68 Å². The highest BCUT2D eigenvalue weighted by Gasteiger charge is 2.36. The van der Waals surface area contributed by atoms with Gasteiger partial charge < -0.3 is 10.0 Å². The number of aromatic nitrogens is 4. The van der Waals surface area contributed by atoms with Crippen LogP contribution in [0.25, 0.3) is 0 Å². The molecule has 7 heteroatoms. The Balaban J connectivity index is 1.88. The van der Waals surface area contributed by atoms with E-state index in [-0.39, 0.29) is 24.3 Å². The number of halogens is 1. The molecule has 22 heavy (non-hydrogen) atoms. The summed E-state index contributed by atoms with van der Waals surface area (Å²) in [5.74, 6) is 0.145. The number of aryl methyl sites for hydroxylation is 2. The zero-order valence-electron chi connectivity index (χ0n) is 12.8. The summed E-state index contributed by atoms with van der Waals surface area (Å²) in [6.07, 6.45) is 5.70. The van der Waals surface area contributed by atoms with E-state index in [1.165, 1.54) is 6.33 Å². The molecule has 0 amide bonds. The van der Waals surface area contributed by atoms with Crippen LogP contribution in [-0.4, -0.2) is 44.6 Å². The number of nitrogens with zero attached hydrogens (tertiary/aromatic N) is 5. The highest BCUT2D eigenvalue weighted by atomic mass is 19.1. The van der Waals surface area contributed by atoms with Gasteiger partial charge in [-0.2, -0.15) is 5.10 Å². The van der Waals surface area contributed by atoms with Crippen molar-refractivity contribution < 1.29 is 9.50 Å². The highest BCUT2D eigenvalue weighted by molar-refractivity contribution is 5.44. The van der Waals surface area contributed by atoms with Crippen LogP contribution in [0.4, 0.5) is 10.2 Å². The molecule has 2 aromatic heterocycles. The number of rotatable bonds is 4. The minimum atomic E-state index is -0.353. The molecule has 0 bridgehead atoms. The summed E-state index contributed by atoms with van der Waals surface area (Å²) in [5, 5.41) is 13.8. The largest absolute Gasteiger partial charge is 0.396 e. The zero-order chi connectivity index (χ0) is 15.7. The summed E-state index contributed by atoms with van der Waals surface area (Å²) in [6.45, 7) is 3.12. The second-order valence-corrected chi connectivity index (χ2v) is 5.71. The van der Waals surface area contributed by atoms with E-state index < -0.39 is 0 Å². The molecule has 0 saturated carbocycles.